The maximum absolute atomic E-state index is 5.50. The SMILES string of the molecule is CNC(CN1CC2CCC1C2)c1ccccc1OC. The zero-order chi connectivity index (χ0) is 13.2. The van der Waals surface area contributed by atoms with Crippen LogP contribution < -0.4 is 10.1 Å². The molecule has 2 aliphatic rings. The van der Waals surface area contributed by atoms with Crippen molar-refractivity contribution in [3.63, 3.8) is 0 Å². The quantitative estimate of drug-likeness (QED) is 0.880. The Bertz CT molecular complexity index is 435. The Labute approximate surface area is 115 Å². The van der Waals surface area contributed by atoms with Crippen molar-refractivity contribution >= 4 is 0 Å². The van der Waals surface area contributed by atoms with Gasteiger partial charge in [-0.3, -0.25) is 4.90 Å². The minimum atomic E-state index is 0.357. The molecule has 3 atom stereocenters. The molecule has 3 unspecified atom stereocenters. The minimum Gasteiger partial charge on any atom is -0.496 e. The van der Waals surface area contributed by atoms with Crippen molar-refractivity contribution in [3.8, 4) is 5.75 Å². The van der Waals surface area contributed by atoms with E-state index in [0.717, 1.165) is 24.3 Å². The number of nitrogens with one attached hydrogen (secondary N) is 1. The number of ether oxygens (including phenoxy) is 1. The van der Waals surface area contributed by atoms with Crippen molar-refractivity contribution in [2.45, 2.75) is 31.3 Å². The van der Waals surface area contributed by atoms with Gasteiger partial charge in [-0.05, 0) is 38.3 Å². The van der Waals surface area contributed by atoms with Crippen LogP contribution in [0.15, 0.2) is 24.3 Å². The molecular weight excluding hydrogens is 236 g/mol. The molecule has 1 heterocycles. The predicted molar refractivity (Wildman–Crippen MR) is 77.5 cm³/mol. The van der Waals surface area contributed by atoms with Gasteiger partial charge in [0.25, 0.3) is 0 Å². The second-order valence-electron chi connectivity index (χ2n) is 5.87. The van der Waals surface area contributed by atoms with Crippen LogP contribution in [0.3, 0.4) is 0 Å². The molecule has 3 heteroatoms. The highest BCUT2D eigenvalue weighted by Gasteiger charge is 2.38. The summed E-state index contributed by atoms with van der Waals surface area (Å²) in [4.78, 5) is 2.67. The molecule has 3 nitrogen and oxygen atoms in total. The van der Waals surface area contributed by atoms with E-state index in [-0.39, 0.29) is 0 Å². The number of para-hydroxylation sites is 1. The van der Waals surface area contributed by atoms with Crippen molar-refractivity contribution < 1.29 is 4.74 Å². The smallest absolute Gasteiger partial charge is 0.123 e. The van der Waals surface area contributed by atoms with Gasteiger partial charge in [0.1, 0.15) is 5.75 Å². The predicted octanol–water partition coefficient (Wildman–Crippen LogP) is 2.44. The van der Waals surface area contributed by atoms with Crippen LogP contribution in [0.1, 0.15) is 30.9 Å². The van der Waals surface area contributed by atoms with Gasteiger partial charge < -0.3 is 10.1 Å². The second-order valence-corrected chi connectivity index (χ2v) is 5.87. The fourth-order valence-electron chi connectivity index (χ4n) is 3.78. The molecule has 0 aromatic heterocycles. The molecule has 1 aromatic rings. The van der Waals surface area contributed by atoms with Crippen LogP contribution >= 0.6 is 0 Å². The van der Waals surface area contributed by atoms with Gasteiger partial charge in [0.05, 0.1) is 7.11 Å². The first-order valence-corrected chi connectivity index (χ1v) is 7.36. The summed E-state index contributed by atoms with van der Waals surface area (Å²) >= 11 is 0. The average molecular weight is 260 g/mol. The summed E-state index contributed by atoms with van der Waals surface area (Å²) in [5.41, 5.74) is 1.27. The van der Waals surface area contributed by atoms with E-state index in [1.54, 1.807) is 7.11 Å². The lowest BCUT2D eigenvalue weighted by Gasteiger charge is -2.31. The third-order valence-electron chi connectivity index (χ3n) is 4.80. The first kappa shape index (κ1) is 12.9. The highest BCUT2D eigenvalue weighted by Crippen LogP contribution is 2.38. The molecule has 2 fully saturated rings. The number of likely N-dealkylation sites (N-methyl/N-ethyl adjacent to an activating group) is 1. The van der Waals surface area contributed by atoms with Gasteiger partial charge in [-0.15, -0.1) is 0 Å². The highest BCUT2D eigenvalue weighted by molar-refractivity contribution is 5.36. The molecule has 1 aromatic carbocycles. The zero-order valence-electron chi connectivity index (χ0n) is 11.9. The van der Waals surface area contributed by atoms with E-state index in [1.807, 2.05) is 13.1 Å². The summed E-state index contributed by atoms with van der Waals surface area (Å²) in [5.74, 6) is 1.95. The van der Waals surface area contributed by atoms with E-state index in [0.29, 0.717) is 6.04 Å². The number of benzene rings is 1. The Balaban J connectivity index is 1.73. The molecule has 0 spiro atoms. The fraction of sp³-hybridized carbons (Fsp3) is 0.625. The summed E-state index contributed by atoms with van der Waals surface area (Å²) in [6.07, 6.45) is 4.26. The van der Waals surface area contributed by atoms with E-state index >= 15 is 0 Å². The molecule has 2 bridgehead atoms. The zero-order valence-corrected chi connectivity index (χ0v) is 11.9. The molecule has 1 aliphatic heterocycles. The van der Waals surface area contributed by atoms with Crippen LogP contribution in [0, 0.1) is 5.92 Å². The summed E-state index contributed by atoms with van der Waals surface area (Å²) in [7, 11) is 3.80. The van der Waals surface area contributed by atoms with E-state index in [9.17, 15) is 0 Å². The molecule has 0 amide bonds. The first-order chi connectivity index (χ1) is 9.31. The number of piperidine rings is 1. The van der Waals surface area contributed by atoms with Gasteiger partial charge in [0.2, 0.25) is 0 Å². The normalized spacial score (nSPS) is 27.7. The summed E-state index contributed by atoms with van der Waals surface area (Å²) in [6, 6.07) is 9.54. The number of likely N-dealkylation sites (tertiary alicyclic amines) is 1. The Morgan fingerprint density at radius 1 is 1.37 bits per heavy atom. The molecular formula is C16H24N2O. The number of methoxy groups -OCH3 is 1. The van der Waals surface area contributed by atoms with E-state index in [4.69, 9.17) is 4.74 Å². The number of rotatable bonds is 5. The molecule has 19 heavy (non-hydrogen) atoms. The molecule has 1 saturated heterocycles. The Hall–Kier alpha value is -1.06. The topological polar surface area (TPSA) is 24.5 Å². The number of fused-ring (bicyclic) bond motifs is 2. The fourth-order valence-corrected chi connectivity index (χ4v) is 3.78. The number of hydrogen-bond donors (Lipinski definition) is 1. The van der Waals surface area contributed by atoms with E-state index < -0.39 is 0 Å². The monoisotopic (exact) mass is 260 g/mol. The molecule has 1 N–H and O–H groups in total. The van der Waals surface area contributed by atoms with E-state index in [2.05, 4.69) is 28.4 Å². The lowest BCUT2D eigenvalue weighted by molar-refractivity contribution is 0.193. The minimum absolute atomic E-state index is 0.357. The maximum Gasteiger partial charge on any atom is 0.123 e. The van der Waals surface area contributed by atoms with Crippen molar-refractivity contribution in [3.05, 3.63) is 29.8 Å². The lowest BCUT2D eigenvalue weighted by atomic mass is 10.0. The number of nitrogens with zero attached hydrogens (tertiary/aromatic N) is 1. The molecule has 0 radical (unpaired) electrons. The Morgan fingerprint density at radius 2 is 2.21 bits per heavy atom. The third-order valence-corrected chi connectivity index (χ3v) is 4.80. The van der Waals surface area contributed by atoms with Crippen molar-refractivity contribution in [2.24, 2.45) is 5.92 Å². The van der Waals surface area contributed by atoms with Crippen molar-refractivity contribution in [1.29, 1.82) is 0 Å². The van der Waals surface area contributed by atoms with Gasteiger partial charge in [-0.1, -0.05) is 18.2 Å². The van der Waals surface area contributed by atoms with Crippen LogP contribution in [0.25, 0.3) is 0 Å². The van der Waals surface area contributed by atoms with Crippen LogP contribution in [-0.4, -0.2) is 38.2 Å². The maximum atomic E-state index is 5.50. The Morgan fingerprint density at radius 3 is 2.84 bits per heavy atom. The third kappa shape index (κ3) is 2.49. The number of hydrogen-bond acceptors (Lipinski definition) is 3. The second kappa shape index (κ2) is 5.51. The van der Waals surface area contributed by atoms with Crippen LogP contribution in [0.5, 0.6) is 5.75 Å². The average Bonchev–Trinajstić information content (AvgIpc) is 3.07. The van der Waals surface area contributed by atoms with Gasteiger partial charge in [0, 0.05) is 30.7 Å². The Kier molecular flexibility index (Phi) is 3.76. The van der Waals surface area contributed by atoms with Crippen LogP contribution in [-0.2, 0) is 0 Å². The van der Waals surface area contributed by atoms with Gasteiger partial charge >= 0.3 is 0 Å². The molecule has 104 valence electrons. The molecule has 1 saturated carbocycles. The van der Waals surface area contributed by atoms with Crippen molar-refractivity contribution in [1.82, 2.24) is 10.2 Å². The van der Waals surface area contributed by atoms with Gasteiger partial charge in [-0.2, -0.15) is 0 Å². The lowest BCUT2D eigenvalue weighted by Crippen LogP contribution is -2.38. The molecule has 3 rings (SSSR count). The van der Waals surface area contributed by atoms with Crippen molar-refractivity contribution in [2.75, 3.05) is 27.2 Å². The largest absolute Gasteiger partial charge is 0.496 e. The van der Waals surface area contributed by atoms with Gasteiger partial charge in [-0.25, -0.2) is 0 Å². The first-order valence-electron chi connectivity index (χ1n) is 7.36. The standard InChI is InChI=1S/C16H24N2O/c1-17-15(14-5-3-4-6-16(14)19-2)11-18-10-12-7-8-13(18)9-12/h3-6,12-13,15,17H,7-11H2,1-2H3. The summed E-state index contributed by atoms with van der Waals surface area (Å²) in [6.45, 7) is 2.38. The van der Waals surface area contributed by atoms with E-state index in [1.165, 1.54) is 31.4 Å². The highest BCUT2D eigenvalue weighted by atomic mass is 16.5. The summed E-state index contributed by atoms with van der Waals surface area (Å²) in [5, 5.41) is 3.46. The summed E-state index contributed by atoms with van der Waals surface area (Å²) < 4.78 is 5.50. The van der Waals surface area contributed by atoms with Crippen LogP contribution in [0.2, 0.25) is 0 Å². The van der Waals surface area contributed by atoms with Crippen LogP contribution in [0.4, 0.5) is 0 Å². The molecule has 1 aliphatic carbocycles. The van der Waals surface area contributed by atoms with Gasteiger partial charge in [0.15, 0.2) is 0 Å².